The molecule has 0 fully saturated rings. The third kappa shape index (κ3) is 36.1. The summed E-state index contributed by atoms with van der Waals surface area (Å²) in [5.41, 5.74) is 0. The van der Waals surface area contributed by atoms with Crippen LogP contribution in [0.1, 0.15) is 219 Å². The number of rotatable bonds is 39. The third-order valence-electron chi connectivity index (χ3n) is 9.73. The minimum Gasteiger partial charge on any atom is -0.466 e. The van der Waals surface area contributed by atoms with Crippen LogP contribution < -0.4 is 5.32 Å². The fourth-order valence-electron chi connectivity index (χ4n) is 6.38. The number of aliphatic hydroxyl groups excluding tert-OH is 2. The maximum Gasteiger partial charge on any atom is 0.305 e. The zero-order valence-electron chi connectivity index (χ0n) is 33.1. The number of carbonyl (C=O) groups excluding carboxylic acids is 2. The molecule has 0 rings (SSSR count). The second kappa shape index (κ2) is 40.1. The Balaban J connectivity index is 3.48. The molecule has 0 radical (unpaired) electrons. The van der Waals surface area contributed by atoms with Gasteiger partial charge in [-0.1, -0.05) is 179 Å². The number of esters is 1. The number of carbonyl (C=O) groups is 2. The molecular formula is C44H83NO5. The number of aliphatic hydroxyl groups is 2. The topological polar surface area (TPSA) is 95.9 Å². The van der Waals surface area contributed by atoms with Crippen LogP contribution in [0.4, 0.5) is 0 Å². The van der Waals surface area contributed by atoms with E-state index in [0.717, 1.165) is 70.6 Å². The second-order valence-corrected chi connectivity index (χ2v) is 14.7. The molecule has 0 aromatic rings. The predicted octanol–water partition coefficient (Wildman–Crippen LogP) is 12.0. The smallest absolute Gasteiger partial charge is 0.305 e. The first-order chi connectivity index (χ1) is 24.5. The Morgan fingerprint density at radius 3 is 1.60 bits per heavy atom. The summed E-state index contributed by atoms with van der Waals surface area (Å²) in [5, 5.41) is 23.0. The van der Waals surface area contributed by atoms with Crippen LogP contribution in [0.25, 0.3) is 0 Å². The van der Waals surface area contributed by atoms with Crippen molar-refractivity contribution in [2.24, 2.45) is 0 Å². The van der Waals surface area contributed by atoms with Gasteiger partial charge in [-0.15, -0.1) is 0 Å². The van der Waals surface area contributed by atoms with Gasteiger partial charge in [0, 0.05) is 12.8 Å². The first-order valence-corrected chi connectivity index (χ1v) is 21.6. The fourth-order valence-corrected chi connectivity index (χ4v) is 6.38. The van der Waals surface area contributed by atoms with Gasteiger partial charge in [0.25, 0.3) is 0 Å². The quantitative estimate of drug-likeness (QED) is 0.0336. The molecule has 1 amide bonds. The molecule has 6 nitrogen and oxygen atoms in total. The Morgan fingerprint density at radius 2 is 1.04 bits per heavy atom. The van der Waals surface area contributed by atoms with Crippen molar-refractivity contribution < 1.29 is 24.5 Å². The normalized spacial score (nSPS) is 13.0. The Bertz CT molecular complexity index is 782. The van der Waals surface area contributed by atoms with Gasteiger partial charge in [-0.3, -0.25) is 9.59 Å². The second-order valence-electron chi connectivity index (χ2n) is 14.7. The van der Waals surface area contributed by atoms with Gasteiger partial charge >= 0.3 is 5.97 Å². The molecule has 0 heterocycles. The van der Waals surface area contributed by atoms with E-state index >= 15 is 0 Å². The van der Waals surface area contributed by atoms with E-state index in [2.05, 4.69) is 43.5 Å². The van der Waals surface area contributed by atoms with Gasteiger partial charge in [0.2, 0.25) is 5.91 Å². The van der Waals surface area contributed by atoms with Gasteiger partial charge < -0.3 is 20.3 Å². The number of amides is 1. The predicted molar refractivity (Wildman–Crippen MR) is 213 cm³/mol. The molecule has 50 heavy (non-hydrogen) atoms. The number of allylic oxidation sites excluding steroid dienone is 4. The zero-order chi connectivity index (χ0) is 36.6. The van der Waals surface area contributed by atoms with Crippen LogP contribution in [-0.4, -0.2) is 47.4 Å². The summed E-state index contributed by atoms with van der Waals surface area (Å²) in [5.74, 6) is -0.0889. The van der Waals surface area contributed by atoms with E-state index in [4.69, 9.17) is 4.74 Å². The Morgan fingerprint density at radius 1 is 0.560 bits per heavy atom. The van der Waals surface area contributed by atoms with Crippen molar-refractivity contribution >= 4 is 11.9 Å². The zero-order valence-corrected chi connectivity index (χ0v) is 33.1. The summed E-state index contributed by atoms with van der Waals surface area (Å²) in [6, 6.07) is -0.553. The van der Waals surface area contributed by atoms with Gasteiger partial charge in [-0.2, -0.15) is 0 Å². The van der Waals surface area contributed by atoms with E-state index in [-0.39, 0.29) is 18.5 Å². The van der Waals surface area contributed by atoms with Crippen molar-refractivity contribution in [2.75, 3.05) is 13.2 Å². The summed E-state index contributed by atoms with van der Waals surface area (Å²) in [7, 11) is 0. The van der Waals surface area contributed by atoms with E-state index in [1.807, 2.05) is 0 Å². The molecule has 3 N–H and O–H groups in total. The van der Waals surface area contributed by atoms with Crippen LogP contribution in [0.3, 0.4) is 0 Å². The summed E-state index contributed by atoms with van der Waals surface area (Å²) in [6.45, 7) is 4.80. The lowest BCUT2D eigenvalue weighted by molar-refractivity contribution is -0.143. The molecular weight excluding hydrogens is 622 g/mol. The van der Waals surface area contributed by atoms with Crippen LogP contribution in [0.2, 0.25) is 0 Å². The monoisotopic (exact) mass is 706 g/mol. The molecule has 0 aliphatic rings. The van der Waals surface area contributed by atoms with Crippen molar-refractivity contribution in [2.45, 2.75) is 231 Å². The first-order valence-electron chi connectivity index (χ1n) is 21.6. The molecule has 0 saturated carbocycles. The van der Waals surface area contributed by atoms with E-state index in [1.54, 1.807) is 0 Å². The van der Waals surface area contributed by atoms with Crippen molar-refractivity contribution in [3.8, 4) is 0 Å². The summed E-state index contributed by atoms with van der Waals surface area (Å²) in [4.78, 5) is 24.3. The maximum atomic E-state index is 12.3. The lowest BCUT2D eigenvalue weighted by Gasteiger charge is -2.22. The molecule has 2 atom stereocenters. The van der Waals surface area contributed by atoms with Crippen LogP contribution in [0.5, 0.6) is 0 Å². The largest absolute Gasteiger partial charge is 0.466 e. The van der Waals surface area contributed by atoms with E-state index < -0.39 is 12.1 Å². The number of nitrogens with one attached hydrogen (secondary N) is 1. The minimum atomic E-state index is -0.674. The Kier molecular flexibility index (Phi) is 38.8. The SMILES string of the molecule is CCC/C=C\C/C=C\CCCCCCCC(=O)OCCCCCCCCCCCCCC(=O)NC(CO)C(O)CCCCCCCCCCC. The number of hydrogen-bond donors (Lipinski definition) is 3. The van der Waals surface area contributed by atoms with Gasteiger partial charge in [0.15, 0.2) is 0 Å². The van der Waals surface area contributed by atoms with Crippen molar-refractivity contribution in [1.29, 1.82) is 0 Å². The molecule has 294 valence electrons. The molecule has 0 saturated heterocycles. The fraction of sp³-hybridized carbons (Fsp3) is 0.864. The van der Waals surface area contributed by atoms with Gasteiger partial charge in [-0.25, -0.2) is 0 Å². The molecule has 0 spiro atoms. The summed E-state index contributed by atoms with van der Waals surface area (Å²) in [6.07, 6.45) is 44.1. The number of unbranched alkanes of at least 4 members (excludes halogenated alkanes) is 24. The average Bonchev–Trinajstić information content (AvgIpc) is 3.11. The van der Waals surface area contributed by atoms with E-state index in [1.165, 1.54) is 116 Å². The molecule has 0 bridgehead atoms. The highest BCUT2D eigenvalue weighted by Crippen LogP contribution is 2.15. The molecule has 2 unspecified atom stereocenters. The molecule has 0 aromatic heterocycles. The highest BCUT2D eigenvalue weighted by molar-refractivity contribution is 5.76. The van der Waals surface area contributed by atoms with Crippen LogP contribution >= 0.6 is 0 Å². The summed E-state index contributed by atoms with van der Waals surface area (Å²) < 4.78 is 5.43. The Hall–Kier alpha value is -1.66. The van der Waals surface area contributed by atoms with E-state index in [9.17, 15) is 19.8 Å². The number of ether oxygens (including phenoxy) is 1. The molecule has 0 aromatic carbocycles. The van der Waals surface area contributed by atoms with Gasteiger partial charge in [0.05, 0.1) is 25.4 Å². The van der Waals surface area contributed by atoms with Crippen molar-refractivity contribution in [3.05, 3.63) is 24.3 Å². The summed E-state index contributed by atoms with van der Waals surface area (Å²) >= 11 is 0. The standard InChI is InChI=1S/C44H83NO5/c1-3-5-7-9-11-13-14-15-18-22-26-30-34-38-44(49)50-39-35-31-27-23-19-16-17-21-25-29-33-37-43(48)45-41(40-46)42(47)36-32-28-24-20-12-10-8-6-4-2/h7,9,13-14,41-42,46-47H,3-6,8,10-12,15-40H2,1-2H3,(H,45,48)/b9-7-,14-13-. The van der Waals surface area contributed by atoms with Gasteiger partial charge in [0.1, 0.15) is 0 Å². The first kappa shape index (κ1) is 48.3. The highest BCUT2D eigenvalue weighted by Gasteiger charge is 2.20. The van der Waals surface area contributed by atoms with Gasteiger partial charge in [-0.05, 0) is 51.4 Å². The molecule has 6 heteroatoms. The highest BCUT2D eigenvalue weighted by atomic mass is 16.5. The average molecular weight is 706 g/mol. The van der Waals surface area contributed by atoms with Crippen molar-refractivity contribution in [1.82, 2.24) is 5.32 Å². The van der Waals surface area contributed by atoms with Crippen LogP contribution in [0, 0.1) is 0 Å². The lowest BCUT2D eigenvalue weighted by atomic mass is 10.0. The van der Waals surface area contributed by atoms with Crippen LogP contribution in [-0.2, 0) is 14.3 Å². The lowest BCUT2D eigenvalue weighted by Crippen LogP contribution is -2.45. The molecule has 0 aliphatic heterocycles. The Labute approximate surface area is 310 Å². The number of hydrogen-bond acceptors (Lipinski definition) is 5. The van der Waals surface area contributed by atoms with Crippen molar-refractivity contribution in [3.63, 3.8) is 0 Å². The van der Waals surface area contributed by atoms with E-state index in [0.29, 0.717) is 25.9 Å². The maximum absolute atomic E-state index is 12.3. The third-order valence-corrected chi connectivity index (χ3v) is 9.73. The van der Waals surface area contributed by atoms with Crippen LogP contribution in [0.15, 0.2) is 24.3 Å². The molecule has 0 aliphatic carbocycles. The minimum absolute atomic E-state index is 0.0302.